The maximum atomic E-state index is 12.8. The number of cyclic esters (lactones) is 1. The highest BCUT2D eigenvalue weighted by atomic mass is 16.5. The van der Waals surface area contributed by atoms with Crippen molar-refractivity contribution < 1.29 is 14.3 Å². The van der Waals surface area contributed by atoms with Gasteiger partial charge in [-0.1, -0.05) is 38.5 Å². The number of fused-ring (bicyclic) bond motifs is 1. The number of carbonyl (C=O) groups is 2. The zero-order valence-corrected chi connectivity index (χ0v) is 13.9. The largest absolute Gasteiger partial charge is 0.426 e. The van der Waals surface area contributed by atoms with Gasteiger partial charge in [0.2, 0.25) is 0 Å². The second kappa shape index (κ2) is 5.81. The van der Waals surface area contributed by atoms with Gasteiger partial charge in [-0.15, -0.1) is 0 Å². The van der Waals surface area contributed by atoms with Crippen LogP contribution in [-0.2, 0) is 14.3 Å². The summed E-state index contributed by atoms with van der Waals surface area (Å²) in [6.45, 7) is 0. The highest BCUT2D eigenvalue weighted by Crippen LogP contribution is 2.46. The Morgan fingerprint density at radius 1 is 0.826 bits per heavy atom. The van der Waals surface area contributed by atoms with Gasteiger partial charge in [-0.3, -0.25) is 4.79 Å². The molecule has 2 aliphatic heterocycles. The van der Waals surface area contributed by atoms with E-state index >= 15 is 0 Å². The van der Waals surface area contributed by atoms with Gasteiger partial charge < -0.3 is 9.64 Å². The van der Waals surface area contributed by atoms with Gasteiger partial charge in [-0.25, -0.2) is 4.79 Å². The number of hydrogen-bond donors (Lipinski definition) is 0. The Labute approximate surface area is 137 Å². The minimum Gasteiger partial charge on any atom is -0.426 e. The average Bonchev–Trinajstić information content (AvgIpc) is 3.06. The highest BCUT2D eigenvalue weighted by molar-refractivity contribution is 6.16. The van der Waals surface area contributed by atoms with E-state index in [0.29, 0.717) is 22.8 Å². The number of likely N-dealkylation sites (N-methyl/N-ethyl adjacent to an activating group) is 1. The van der Waals surface area contributed by atoms with E-state index in [9.17, 15) is 9.59 Å². The fraction of sp³-hybridized carbons (Fsp3) is 0.684. The highest BCUT2D eigenvalue weighted by Gasteiger charge is 2.48. The first-order valence-electron chi connectivity index (χ1n) is 9.17. The Morgan fingerprint density at radius 2 is 1.39 bits per heavy atom. The number of nitrogens with zero attached hydrogens (tertiary/aromatic N) is 1. The van der Waals surface area contributed by atoms with Gasteiger partial charge in [0.1, 0.15) is 5.76 Å². The Balaban J connectivity index is 1.75. The van der Waals surface area contributed by atoms with Crippen molar-refractivity contribution in [3.8, 4) is 0 Å². The summed E-state index contributed by atoms with van der Waals surface area (Å²) in [5.41, 5.74) is 2.15. The topological polar surface area (TPSA) is 46.6 Å². The van der Waals surface area contributed by atoms with E-state index in [0.717, 1.165) is 44.2 Å². The van der Waals surface area contributed by atoms with Gasteiger partial charge in [0, 0.05) is 24.6 Å². The van der Waals surface area contributed by atoms with Crippen molar-refractivity contribution in [2.24, 2.45) is 11.8 Å². The predicted octanol–water partition coefficient (Wildman–Crippen LogP) is 3.68. The molecule has 0 unspecified atom stereocenters. The van der Waals surface area contributed by atoms with Gasteiger partial charge in [-0.05, 0) is 25.7 Å². The Morgan fingerprint density at radius 3 is 2.00 bits per heavy atom. The van der Waals surface area contributed by atoms with Crippen LogP contribution in [0.1, 0.15) is 64.2 Å². The molecule has 2 fully saturated rings. The summed E-state index contributed by atoms with van der Waals surface area (Å²) in [7, 11) is 1.83. The smallest absolute Gasteiger partial charge is 0.345 e. The lowest BCUT2D eigenvalue weighted by atomic mass is 9.84. The van der Waals surface area contributed by atoms with E-state index in [1.165, 1.54) is 25.7 Å². The molecule has 0 aromatic heterocycles. The zero-order valence-electron chi connectivity index (χ0n) is 13.9. The molecule has 0 saturated heterocycles. The summed E-state index contributed by atoms with van der Waals surface area (Å²) in [6.07, 6.45) is 11.4. The van der Waals surface area contributed by atoms with Gasteiger partial charge in [0.05, 0.1) is 11.1 Å². The van der Waals surface area contributed by atoms with Gasteiger partial charge in [0.25, 0.3) is 5.91 Å². The van der Waals surface area contributed by atoms with Crippen LogP contribution in [0.4, 0.5) is 0 Å². The normalized spacial score (nSPS) is 27.1. The van der Waals surface area contributed by atoms with Crippen LogP contribution >= 0.6 is 0 Å². The van der Waals surface area contributed by atoms with Crippen molar-refractivity contribution in [2.75, 3.05) is 7.05 Å². The van der Waals surface area contributed by atoms with Gasteiger partial charge in [0.15, 0.2) is 0 Å². The lowest BCUT2D eigenvalue weighted by molar-refractivity contribution is -0.134. The van der Waals surface area contributed by atoms with Crippen LogP contribution < -0.4 is 0 Å². The molecule has 0 aromatic rings. The Hall–Kier alpha value is -1.58. The molecular formula is C19H25NO3. The van der Waals surface area contributed by atoms with Crippen molar-refractivity contribution >= 4 is 11.9 Å². The Bertz CT molecular complexity index is 604. The summed E-state index contributed by atoms with van der Waals surface area (Å²) in [6, 6.07) is 0. The molecule has 0 aromatic carbocycles. The molecule has 2 heterocycles. The van der Waals surface area contributed by atoms with Crippen LogP contribution in [0.15, 0.2) is 22.6 Å². The second-order valence-corrected chi connectivity index (χ2v) is 7.42. The molecule has 23 heavy (non-hydrogen) atoms. The Kier molecular flexibility index (Phi) is 3.78. The van der Waals surface area contributed by atoms with E-state index in [1.807, 2.05) is 7.05 Å². The monoisotopic (exact) mass is 315 g/mol. The third-order valence-corrected chi connectivity index (χ3v) is 6.01. The zero-order chi connectivity index (χ0) is 16.0. The van der Waals surface area contributed by atoms with E-state index in [2.05, 4.69) is 0 Å². The number of esters is 1. The second-order valence-electron chi connectivity index (χ2n) is 7.42. The van der Waals surface area contributed by atoms with E-state index in [4.69, 9.17) is 4.74 Å². The standard InChI is InChI=1S/C19H25NO3/c1-20-16(12-8-4-2-5-9-12)14-15(18(20)21)17(23-19(14)22)13-10-6-3-7-11-13/h12-13H,2-11H2,1H3. The van der Waals surface area contributed by atoms with Crippen LogP contribution in [0.25, 0.3) is 0 Å². The molecule has 0 radical (unpaired) electrons. The predicted molar refractivity (Wildman–Crippen MR) is 86.1 cm³/mol. The van der Waals surface area contributed by atoms with Crippen molar-refractivity contribution in [2.45, 2.75) is 64.2 Å². The molecule has 4 rings (SSSR count). The average molecular weight is 315 g/mol. The van der Waals surface area contributed by atoms with Crippen molar-refractivity contribution in [3.63, 3.8) is 0 Å². The molecule has 2 aliphatic carbocycles. The number of allylic oxidation sites excluding steroid dienone is 2. The molecule has 4 aliphatic rings. The number of rotatable bonds is 2. The third-order valence-electron chi connectivity index (χ3n) is 6.01. The summed E-state index contributed by atoms with van der Waals surface area (Å²) in [5.74, 6) is 0.977. The lowest BCUT2D eigenvalue weighted by Crippen LogP contribution is -2.27. The van der Waals surface area contributed by atoms with Crippen LogP contribution in [0.2, 0.25) is 0 Å². The molecule has 4 nitrogen and oxygen atoms in total. The third kappa shape index (κ3) is 2.34. The number of ether oxygens (including phenoxy) is 1. The molecule has 124 valence electrons. The molecule has 0 N–H and O–H groups in total. The maximum absolute atomic E-state index is 12.8. The van der Waals surface area contributed by atoms with Crippen LogP contribution in [0, 0.1) is 11.8 Å². The molecule has 2 saturated carbocycles. The first-order chi connectivity index (χ1) is 11.2. The molecule has 0 atom stereocenters. The number of hydrogen-bond acceptors (Lipinski definition) is 3. The first kappa shape index (κ1) is 15.0. The van der Waals surface area contributed by atoms with Crippen LogP contribution in [0.3, 0.4) is 0 Å². The first-order valence-corrected chi connectivity index (χ1v) is 9.17. The molecule has 0 spiro atoms. The van der Waals surface area contributed by atoms with E-state index in [1.54, 1.807) is 4.90 Å². The van der Waals surface area contributed by atoms with Gasteiger partial charge >= 0.3 is 5.97 Å². The van der Waals surface area contributed by atoms with Crippen molar-refractivity contribution in [3.05, 3.63) is 22.6 Å². The molecule has 1 amide bonds. The molecule has 4 heteroatoms. The van der Waals surface area contributed by atoms with Crippen LogP contribution in [-0.4, -0.2) is 23.8 Å². The SMILES string of the molecule is CN1C(=O)C2=C(C3CCCCC3)OC(=O)C2=C1C1CCCCC1. The minimum atomic E-state index is -0.279. The summed E-state index contributed by atoms with van der Waals surface area (Å²) >= 11 is 0. The lowest BCUT2D eigenvalue weighted by Gasteiger charge is -2.28. The van der Waals surface area contributed by atoms with Gasteiger partial charge in [-0.2, -0.15) is 0 Å². The minimum absolute atomic E-state index is 0.0213. The number of carbonyl (C=O) groups excluding carboxylic acids is 2. The summed E-state index contributed by atoms with van der Waals surface area (Å²) in [5, 5.41) is 0. The molecular weight excluding hydrogens is 290 g/mol. The van der Waals surface area contributed by atoms with E-state index < -0.39 is 0 Å². The fourth-order valence-corrected chi connectivity index (χ4v) is 4.82. The quantitative estimate of drug-likeness (QED) is 0.730. The van der Waals surface area contributed by atoms with Crippen LogP contribution in [0.5, 0.6) is 0 Å². The molecule has 0 bridgehead atoms. The number of amides is 1. The summed E-state index contributed by atoms with van der Waals surface area (Å²) in [4.78, 5) is 27.1. The van der Waals surface area contributed by atoms with Crippen molar-refractivity contribution in [1.29, 1.82) is 0 Å². The van der Waals surface area contributed by atoms with Crippen molar-refractivity contribution in [1.82, 2.24) is 4.90 Å². The summed E-state index contributed by atoms with van der Waals surface area (Å²) < 4.78 is 5.64. The maximum Gasteiger partial charge on any atom is 0.345 e. The van der Waals surface area contributed by atoms with E-state index in [-0.39, 0.29) is 17.8 Å². The fourth-order valence-electron chi connectivity index (χ4n) is 4.82.